The van der Waals surface area contributed by atoms with Crippen LogP contribution in [0, 0.1) is 0 Å². The van der Waals surface area contributed by atoms with Crippen molar-refractivity contribution >= 4 is 11.8 Å². The molecule has 1 heterocycles. The molecule has 5 atom stereocenters. The molecule has 0 aromatic carbocycles. The van der Waals surface area contributed by atoms with Crippen molar-refractivity contribution in [1.29, 1.82) is 0 Å². The van der Waals surface area contributed by atoms with Gasteiger partial charge >= 0.3 is 0 Å². The Morgan fingerprint density at radius 2 is 1.75 bits per heavy atom. The van der Waals surface area contributed by atoms with Crippen LogP contribution in [0.4, 0.5) is 0 Å². The number of hydrogen-bond donors (Lipinski definition) is 3. The predicted molar refractivity (Wildman–Crippen MR) is 45.9 cm³/mol. The highest BCUT2D eigenvalue weighted by Gasteiger charge is 2.41. The van der Waals surface area contributed by atoms with E-state index in [1.54, 1.807) is 6.92 Å². The van der Waals surface area contributed by atoms with Gasteiger partial charge in [-0.1, -0.05) is 6.92 Å². The Morgan fingerprint density at radius 3 is 2.25 bits per heavy atom. The molecule has 1 saturated heterocycles. The van der Waals surface area contributed by atoms with Crippen LogP contribution in [0.3, 0.4) is 0 Å². The minimum atomic E-state index is -1.01. The summed E-state index contributed by atoms with van der Waals surface area (Å²) in [4.78, 5) is 0. The van der Waals surface area contributed by atoms with Gasteiger partial charge in [0.1, 0.15) is 17.6 Å². The first-order valence-corrected chi connectivity index (χ1v) is 4.74. The molecule has 3 N–H and O–H groups in total. The highest BCUT2D eigenvalue weighted by Crippen LogP contribution is 2.31. The monoisotopic (exact) mass is 194 g/mol. The minimum Gasteiger partial charge on any atom is -0.389 e. The van der Waals surface area contributed by atoms with Gasteiger partial charge in [0, 0.05) is 12.4 Å². The normalized spacial score (nSPS) is 49.2. The second kappa shape index (κ2) is 3.93. The molecule has 0 amide bonds. The summed E-state index contributed by atoms with van der Waals surface area (Å²) in [6.07, 6.45) is -2.42. The maximum atomic E-state index is 9.51. The summed E-state index contributed by atoms with van der Waals surface area (Å²) in [5, 5.41) is 28.1. The van der Waals surface area contributed by atoms with Crippen LogP contribution in [0.2, 0.25) is 0 Å². The van der Waals surface area contributed by atoms with Crippen LogP contribution in [0.25, 0.3) is 0 Å². The topological polar surface area (TPSA) is 69.9 Å². The maximum absolute atomic E-state index is 9.51. The van der Waals surface area contributed by atoms with Gasteiger partial charge in [-0.3, -0.25) is 0 Å². The molecule has 0 radical (unpaired) electrons. The molecule has 5 heteroatoms. The van der Waals surface area contributed by atoms with Crippen LogP contribution in [0.5, 0.6) is 0 Å². The van der Waals surface area contributed by atoms with Crippen molar-refractivity contribution in [2.75, 3.05) is 7.11 Å². The fraction of sp³-hybridized carbons (Fsp3) is 1.00. The summed E-state index contributed by atoms with van der Waals surface area (Å²) in [6.45, 7) is 1.79. The van der Waals surface area contributed by atoms with Gasteiger partial charge in [-0.25, -0.2) is 0 Å². The van der Waals surface area contributed by atoms with E-state index in [1.807, 2.05) is 0 Å². The lowest BCUT2D eigenvalue weighted by Gasteiger charge is -2.38. The molecule has 1 aliphatic rings. The third-order valence-corrected chi connectivity index (χ3v) is 3.34. The van der Waals surface area contributed by atoms with E-state index in [-0.39, 0.29) is 5.25 Å². The number of thioether (sulfide) groups is 1. The lowest BCUT2D eigenvalue weighted by atomic mass is 10.1. The fourth-order valence-electron chi connectivity index (χ4n) is 1.29. The Bertz CT molecular complexity index is 140. The first-order valence-electron chi connectivity index (χ1n) is 3.80. The van der Waals surface area contributed by atoms with Gasteiger partial charge in [0.15, 0.2) is 0 Å². The van der Waals surface area contributed by atoms with Crippen molar-refractivity contribution in [3.05, 3.63) is 0 Å². The Labute approximate surface area is 75.5 Å². The SMILES string of the molecule is CO[C@@H]1[C@@H](O)[C@H](O)S[C@@H](C)[C@H]1O. The van der Waals surface area contributed by atoms with Crippen LogP contribution in [-0.2, 0) is 4.74 Å². The van der Waals surface area contributed by atoms with E-state index in [2.05, 4.69) is 0 Å². The van der Waals surface area contributed by atoms with Gasteiger partial charge in [-0.2, -0.15) is 0 Å². The van der Waals surface area contributed by atoms with Crippen molar-refractivity contribution in [3.63, 3.8) is 0 Å². The van der Waals surface area contributed by atoms with E-state index < -0.39 is 23.7 Å². The maximum Gasteiger partial charge on any atom is 0.128 e. The summed E-state index contributed by atoms with van der Waals surface area (Å²) in [5.41, 5.74) is -0.867. The quantitative estimate of drug-likeness (QED) is 0.508. The van der Waals surface area contributed by atoms with Crippen LogP contribution < -0.4 is 0 Å². The Morgan fingerprint density at radius 1 is 1.17 bits per heavy atom. The summed E-state index contributed by atoms with van der Waals surface area (Å²) < 4.78 is 4.88. The number of rotatable bonds is 1. The van der Waals surface area contributed by atoms with E-state index in [4.69, 9.17) is 4.74 Å². The molecule has 0 spiro atoms. The number of aliphatic hydroxyl groups excluding tert-OH is 3. The molecule has 1 fully saturated rings. The summed E-state index contributed by atoms with van der Waals surface area (Å²) >= 11 is 1.15. The predicted octanol–water partition coefficient (Wildman–Crippen LogP) is -0.823. The molecule has 72 valence electrons. The molecule has 4 nitrogen and oxygen atoms in total. The standard InChI is InChI=1S/C7H14O4S/c1-3-4(8)6(11-2)5(9)7(10)12-3/h3-10H,1-2H3/t3-,4+,5+,6-,7+/m0/s1. The summed E-state index contributed by atoms with van der Waals surface area (Å²) in [7, 11) is 1.41. The minimum absolute atomic E-state index is 0.117. The lowest BCUT2D eigenvalue weighted by Crippen LogP contribution is -2.53. The number of hydrogen-bond acceptors (Lipinski definition) is 5. The van der Waals surface area contributed by atoms with Crippen molar-refractivity contribution in [1.82, 2.24) is 0 Å². The largest absolute Gasteiger partial charge is 0.389 e. The fourth-order valence-corrected chi connectivity index (χ4v) is 2.36. The third-order valence-electron chi connectivity index (χ3n) is 2.07. The second-order valence-electron chi connectivity index (χ2n) is 2.91. The third kappa shape index (κ3) is 1.75. The summed E-state index contributed by atoms with van der Waals surface area (Å²) in [5.74, 6) is 0. The summed E-state index contributed by atoms with van der Waals surface area (Å²) in [6, 6.07) is 0. The van der Waals surface area contributed by atoms with Crippen LogP contribution >= 0.6 is 11.8 Å². The highest BCUT2D eigenvalue weighted by atomic mass is 32.2. The first kappa shape index (κ1) is 10.3. The molecule has 0 unspecified atom stereocenters. The molecule has 0 saturated carbocycles. The molecule has 1 rings (SSSR count). The van der Waals surface area contributed by atoms with Crippen molar-refractivity contribution in [2.24, 2.45) is 0 Å². The zero-order valence-electron chi connectivity index (χ0n) is 7.04. The Hall–Kier alpha value is 0.190. The Balaban J connectivity index is 2.67. The van der Waals surface area contributed by atoms with Crippen molar-refractivity contribution < 1.29 is 20.1 Å². The van der Waals surface area contributed by atoms with E-state index in [0.29, 0.717) is 0 Å². The van der Waals surface area contributed by atoms with Crippen molar-refractivity contribution in [3.8, 4) is 0 Å². The van der Waals surface area contributed by atoms with E-state index in [0.717, 1.165) is 11.8 Å². The number of ether oxygens (including phenoxy) is 1. The average molecular weight is 194 g/mol. The number of aliphatic hydroxyl groups is 3. The van der Waals surface area contributed by atoms with Gasteiger partial charge in [0.25, 0.3) is 0 Å². The number of methoxy groups -OCH3 is 1. The lowest BCUT2D eigenvalue weighted by molar-refractivity contribution is -0.109. The van der Waals surface area contributed by atoms with Gasteiger partial charge in [0.2, 0.25) is 0 Å². The van der Waals surface area contributed by atoms with E-state index in [9.17, 15) is 15.3 Å². The van der Waals surface area contributed by atoms with Gasteiger partial charge in [0.05, 0.1) is 6.10 Å². The van der Waals surface area contributed by atoms with E-state index >= 15 is 0 Å². The molecule has 0 bridgehead atoms. The smallest absolute Gasteiger partial charge is 0.128 e. The second-order valence-corrected chi connectivity index (χ2v) is 4.41. The van der Waals surface area contributed by atoms with Crippen LogP contribution in [0.1, 0.15) is 6.92 Å². The van der Waals surface area contributed by atoms with Crippen LogP contribution in [0.15, 0.2) is 0 Å². The zero-order valence-corrected chi connectivity index (χ0v) is 7.86. The van der Waals surface area contributed by atoms with Gasteiger partial charge < -0.3 is 20.1 Å². The first-order chi connectivity index (χ1) is 5.57. The molecular weight excluding hydrogens is 180 g/mol. The average Bonchev–Trinajstić information content (AvgIpc) is 2.02. The molecular formula is C7H14O4S. The van der Waals surface area contributed by atoms with E-state index in [1.165, 1.54) is 7.11 Å². The molecule has 1 aliphatic heterocycles. The van der Waals surface area contributed by atoms with Crippen LogP contribution in [-0.4, -0.2) is 51.4 Å². The molecule has 12 heavy (non-hydrogen) atoms. The molecule has 0 aromatic rings. The Kier molecular flexibility index (Phi) is 3.37. The van der Waals surface area contributed by atoms with Gasteiger partial charge in [-0.05, 0) is 0 Å². The molecule has 0 aromatic heterocycles. The highest BCUT2D eigenvalue weighted by molar-refractivity contribution is 8.00. The molecule has 0 aliphatic carbocycles. The zero-order chi connectivity index (χ0) is 9.30. The van der Waals surface area contributed by atoms with Crippen molar-refractivity contribution in [2.45, 2.75) is 35.9 Å². The van der Waals surface area contributed by atoms with Gasteiger partial charge in [-0.15, -0.1) is 11.8 Å².